The van der Waals surface area contributed by atoms with Crippen LogP contribution in [0, 0.1) is 10.1 Å². The van der Waals surface area contributed by atoms with Gasteiger partial charge in [0.2, 0.25) is 5.82 Å². The fourth-order valence-electron chi connectivity index (χ4n) is 0.616. The quantitative estimate of drug-likeness (QED) is 0.471. The number of nitro groups is 1. The van der Waals surface area contributed by atoms with Crippen molar-refractivity contribution in [2.24, 2.45) is 0 Å². The zero-order chi connectivity index (χ0) is 9.30. The van der Waals surface area contributed by atoms with Crippen LogP contribution in [0.5, 0.6) is 0 Å². The fourth-order valence-corrected chi connectivity index (χ4v) is 1.07. The summed E-state index contributed by atoms with van der Waals surface area (Å²) in [7, 11) is 0. The Kier molecular flexibility index (Phi) is 2.49. The lowest BCUT2D eigenvalue weighted by molar-refractivity contribution is -0.384. The molecule has 1 aromatic heterocycles. The van der Waals surface area contributed by atoms with Gasteiger partial charge in [-0.3, -0.25) is 10.1 Å². The van der Waals surface area contributed by atoms with Gasteiger partial charge in [0.15, 0.2) is 0 Å². The summed E-state index contributed by atoms with van der Waals surface area (Å²) in [4.78, 5) is 13.2. The number of halogens is 2. The van der Waals surface area contributed by atoms with Crippen LogP contribution in [0.1, 0.15) is 0 Å². The standard InChI is InChI=1S/C5H3BrClN3O2/c6-2-1-3(10(11)12)5(8)9-4(2)7/h1H,(H2,8,9). The van der Waals surface area contributed by atoms with Gasteiger partial charge >= 0.3 is 5.69 Å². The highest BCUT2D eigenvalue weighted by atomic mass is 79.9. The Hall–Kier alpha value is -0.880. The molecule has 2 N–H and O–H groups in total. The lowest BCUT2D eigenvalue weighted by Crippen LogP contribution is -1.98. The van der Waals surface area contributed by atoms with Crippen LogP contribution < -0.4 is 5.73 Å². The largest absolute Gasteiger partial charge is 0.378 e. The molecular formula is C5H3BrClN3O2. The molecule has 0 aromatic carbocycles. The van der Waals surface area contributed by atoms with Crippen molar-refractivity contribution in [1.29, 1.82) is 0 Å². The predicted molar refractivity (Wildman–Crippen MR) is 48.0 cm³/mol. The topological polar surface area (TPSA) is 82.0 Å². The molecule has 7 heteroatoms. The van der Waals surface area contributed by atoms with Crippen LogP contribution in [-0.4, -0.2) is 9.91 Å². The number of anilines is 1. The van der Waals surface area contributed by atoms with Crippen molar-refractivity contribution >= 4 is 39.0 Å². The minimum absolute atomic E-state index is 0.109. The number of rotatable bonds is 1. The van der Waals surface area contributed by atoms with Gasteiger partial charge in [0.25, 0.3) is 0 Å². The first-order valence-electron chi connectivity index (χ1n) is 2.78. The molecule has 0 saturated heterocycles. The van der Waals surface area contributed by atoms with Gasteiger partial charge in [-0.25, -0.2) is 4.98 Å². The average molecular weight is 252 g/mol. The van der Waals surface area contributed by atoms with Gasteiger partial charge in [-0.1, -0.05) is 11.6 Å². The van der Waals surface area contributed by atoms with E-state index in [0.29, 0.717) is 4.47 Å². The maximum atomic E-state index is 10.3. The Bertz CT molecular complexity index is 344. The van der Waals surface area contributed by atoms with Crippen LogP contribution in [0.4, 0.5) is 11.5 Å². The van der Waals surface area contributed by atoms with E-state index >= 15 is 0 Å². The number of pyridine rings is 1. The van der Waals surface area contributed by atoms with Crippen molar-refractivity contribution in [2.75, 3.05) is 5.73 Å². The lowest BCUT2D eigenvalue weighted by Gasteiger charge is -1.97. The summed E-state index contributed by atoms with van der Waals surface area (Å²) in [5.41, 5.74) is 4.98. The molecule has 64 valence electrons. The van der Waals surface area contributed by atoms with E-state index in [1.807, 2.05) is 0 Å². The minimum Gasteiger partial charge on any atom is -0.378 e. The SMILES string of the molecule is Nc1nc(Cl)c(Br)cc1[N+](=O)[O-]. The smallest absolute Gasteiger partial charge is 0.312 e. The number of aromatic nitrogens is 1. The van der Waals surface area contributed by atoms with Crippen molar-refractivity contribution in [3.63, 3.8) is 0 Å². The Morgan fingerprint density at radius 2 is 2.33 bits per heavy atom. The van der Waals surface area contributed by atoms with E-state index in [1.54, 1.807) is 0 Å². The van der Waals surface area contributed by atoms with Crippen LogP contribution in [0.25, 0.3) is 0 Å². The molecule has 1 rings (SSSR count). The van der Waals surface area contributed by atoms with Gasteiger partial charge in [-0.05, 0) is 15.9 Å². The third kappa shape index (κ3) is 1.64. The first-order valence-corrected chi connectivity index (χ1v) is 3.95. The average Bonchev–Trinajstić information content (AvgIpc) is 1.96. The highest BCUT2D eigenvalue weighted by Crippen LogP contribution is 2.28. The predicted octanol–water partition coefficient (Wildman–Crippen LogP) is 1.99. The summed E-state index contributed by atoms with van der Waals surface area (Å²) in [6, 6.07) is 1.21. The van der Waals surface area contributed by atoms with E-state index in [4.69, 9.17) is 17.3 Å². The summed E-state index contributed by atoms with van der Waals surface area (Å²) in [5, 5.41) is 10.4. The van der Waals surface area contributed by atoms with Crippen LogP contribution in [0.2, 0.25) is 5.15 Å². The Labute approximate surface area is 80.8 Å². The number of hydrogen-bond acceptors (Lipinski definition) is 4. The Balaban J connectivity index is 3.33. The van der Waals surface area contributed by atoms with Crippen molar-refractivity contribution in [3.05, 3.63) is 25.8 Å². The molecule has 0 aliphatic carbocycles. The van der Waals surface area contributed by atoms with E-state index in [2.05, 4.69) is 20.9 Å². The van der Waals surface area contributed by atoms with Crippen LogP contribution in [0.3, 0.4) is 0 Å². The summed E-state index contributed by atoms with van der Waals surface area (Å²) in [6.07, 6.45) is 0. The second-order valence-electron chi connectivity index (χ2n) is 1.92. The van der Waals surface area contributed by atoms with E-state index in [1.165, 1.54) is 6.07 Å². The monoisotopic (exact) mass is 251 g/mol. The number of nitrogens with zero attached hydrogens (tertiary/aromatic N) is 2. The van der Waals surface area contributed by atoms with Crippen LogP contribution >= 0.6 is 27.5 Å². The molecule has 0 bridgehead atoms. The molecule has 0 aliphatic heterocycles. The maximum Gasteiger partial charge on any atom is 0.312 e. The van der Waals surface area contributed by atoms with E-state index in [9.17, 15) is 10.1 Å². The Morgan fingerprint density at radius 3 is 2.83 bits per heavy atom. The van der Waals surface area contributed by atoms with Gasteiger partial charge in [0.05, 0.1) is 9.40 Å². The highest BCUT2D eigenvalue weighted by molar-refractivity contribution is 9.10. The molecule has 0 atom stereocenters. The third-order valence-electron chi connectivity index (χ3n) is 1.14. The molecule has 1 heterocycles. The molecule has 0 radical (unpaired) electrons. The van der Waals surface area contributed by atoms with Gasteiger partial charge in [-0.2, -0.15) is 0 Å². The van der Waals surface area contributed by atoms with Gasteiger partial charge in [0, 0.05) is 6.07 Å². The van der Waals surface area contributed by atoms with Crippen molar-refractivity contribution < 1.29 is 4.92 Å². The summed E-state index contributed by atoms with van der Waals surface area (Å²) < 4.78 is 0.352. The zero-order valence-electron chi connectivity index (χ0n) is 5.62. The number of nitrogen functional groups attached to an aromatic ring is 1. The van der Waals surface area contributed by atoms with Crippen LogP contribution in [0.15, 0.2) is 10.5 Å². The molecule has 5 nitrogen and oxygen atoms in total. The molecule has 0 unspecified atom stereocenters. The molecule has 0 fully saturated rings. The second-order valence-corrected chi connectivity index (χ2v) is 3.13. The van der Waals surface area contributed by atoms with E-state index < -0.39 is 4.92 Å². The van der Waals surface area contributed by atoms with Crippen molar-refractivity contribution in [3.8, 4) is 0 Å². The molecular weight excluding hydrogens is 249 g/mol. The first-order chi connectivity index (χ1) is 5.52. The molecule has 0 saturated carbocycles. The van der Waals surface area contributed by atoms with Gasteiger partial charge in [-0.15, -0.1) is 0 Å². The minimum atomic E-state index is -0.622. The van der Waals surface area contributed by atoms with Crippen molar-refractivity contribution in [2.45, 2.75) is 0 Å². The first kappa shape index (κ1) is 9.21. The van der Waals surface area contributed by atoms with Gasteiger partial charge in [0.1, 0.15) is 5.15 Å². The molecule has 1 aromatic rings. The summed E-state index contributed by atoms with van der Waals surface area (Å²) in [5.74, 6) is -0.187. The summed E-state index contributed by atoms with van der Waals surface area (Å²) >= 11 is 8.52. The highest BCUT2D eigenvalue weighted by Gasteiger charge is 2.15. The van der Waals surface area contributed by atoms with Crippen LogP contribution in [-0.2, 0) is 0 Å². The normalized spacial score (nSPS) is 9.83. The van der Waals surface area contributed by atoms with E-state index in [-0.39, 0.29) is 16.7 Å². The van der Waals surface area contributed by atoms with Gasteiger partial charge < -0.3 is 5.73 Å². The lowest BCUT2D eigenvalue weighted by atomic mass is 10.4. The molecule has 0 amide bonds. The second kappa shape index (κ2) is 3.24. The molecule has 0 aliphatic rings. The zero-order valence-corrected chi connectivity index (χ0v) is 7.96. The van der Waals surface area contributed by atoms with Crippen molar-refractivity contribution in [1.82, 2.24) is 4.98 Å². The number of nitrogens with two attached hydrogens (primary N) is 1. The third-order valence-corrected chi connectivity index (χ3v) is 2.26. The number of hydrogen-bond donors (Lipinski definition) is 1. The summed E-state index contributed by atoms with van der Waals surface area (Å²) in [6.45, 7) is 0. The molecule has 12 heavy (non-hydrogen) atoms. The maximum absolute atomic E-state index is 10.3. The Morgan fingerprint density at radius 1 is 1.75 bits per heavy atom. The van der Waals surface area contributed by atoms with E-state index in [0.717, 1.165) is 0 Å². The molecule has 0 spiro atoms. The fraction of sp³-hybridized carbons (Fsp3) is 0.